The average Bonchev–Trinajstić information content (AvgIpc) is 4.11. The zero-order chi connectivity index (χ0) is 37.6. The van der Waals surface area contributed by atoms with Gasteiger partial charge in [-0.15, -0.1) is 0 Å². The maximum atomic E-state index is 6.98. The molecule has 0 N–H and O–H groups in total. The molecule has 0 aliphatic heterocycles. The summed E-state index contributed by atoms with van der Waals surface area (Å²) < 4.78 is 18.4. The molecule has 8 aromatic carbocycles. The molecule has 0 bridgehead atoms. The van der Waals surface area contributed by atoms with Crippen molar-refractivity contribution in [2.75, 3.05) is 0 Å². The topological polar surface area (TPSA) is 62.5 Å². The van der Waals surface area contributed by atoms with Crippen LogP contribution < -0.4 is 0 Å². The Morgan fingerprint density at radius 1 is 0.362 bits per heavy atom. The van der Waals surface area contributed by atoms with Gasteiger partial charge in [-0.2, -0.15) is 0 Å². The molecule has 270 valence electrons. The first kappa shape index (κ1) is 30.2. The summed E-state index contributed by atoms with van der Waals surface area (Å²) in [4.78, 5) is 10.5. The number of fused-ring (bicyclic) bond motifs is 16. The van der Waals surface area contributed by atoms with Crippen LogP contribution in [0.1, 0.15) is 0 Å². The first-order valence-corrected chi connectivity index (χ1v) is 19.5. The van der Waals surface area contributed by atoms with E-state index in [9.17, 15) is 0 Å². The zero-order valence-electron chi connectivity index (χ0n) is 30.8. The van der Waals surface area contributed by atoms with Crippen molar-refractivity contribution in [2.24, 2.45) is 0 Å². The summed E-state index contributed by atoms with van der Waals surface area (Å²) in [5.41, 5.74) is 15.3. The van der Waals surface area contributed by atoms with E-state index < -0.39 is 0 Å². The standard InChI is InChI=1S/C50H29N7O/c1-5-18-36-31(13-1)32-14-2-6-19-37(32)53(36)30-27-28-42-45(29-30)55-39-21-8-4-17-35(39)52-50(55)57(42)44-25-11-15-33-47-43(24-12-26-46(47)58-48(33)44)56-41-23-10-9-22-40(41)54-38-20-7-3-16-34(38)51-49(54)56/h1-29H. The average molecular weight is 744 g/mol. The molecule has 0 atom stereocenters. The minimum absolute atomic E-state index is 0.795. The predicted molar refractivity (Wildman–Crippen MR) is 234 cm³/mol. The lowest BCUT2D eigenvalue weighted by molar-refractivity contribution is 0.666. The molecule has 0 aliphatic carbocycles. The Hall–Kier alpha value is -8.10. The molecule has 0 spiro atoms. The van der Waals surface area contributed by atoms with Crippen LogP contribution in [-0.4, -0.2) is 32.5 Å². The largest absolute Gasteiger partial charge is 0.454 e. The fourth-order valence-electron chi connectivity index (χ4n) is 9.73. The highest BCUT2D eigenvalue weighted by Gasteiger charge is 2.25. The lowest BCUT2D eigenvalue weighted by Crippen LogP contribution is -1.97. The van der Waals surface area contributed by atoms with E-state index >= 15 is 0 Å². The lowest BCUT2D eigenvalue weighted by Gasteiger charge is -2.10. The molecule has 6 aromatic heterocycles. The van der Waals surface area contributed by atoms with Crippen LogP contribution in [0.2, 0.25) is 0 Å². The number of nitrogens with zero attached hydrogens (tertiary/aromatic N) is 7. The van der Waals surface area contributed by atoms with Gasteiger partial charge in [0.2, 0.25) is 11.6 Å². The molecular weight excluding hydrogens is 715 g/mol. The van der Waals surface area contributed by atoms with Crippen molar-refractivity contribution in [3.63, 3.8) is 0 Å². The monoisotopic (exact) mass is 743 g/mol. The first-order chi connectivity index (χ1) is 28.8. The summed E-state index contributed by atoms with van der Waals surface area (Å²) in [6.07, 6.45) is 0. The van der Waals surface area contributed by atoms with E-state index in [4.69, 9.17) is 14.4 Å². The molecule has 8 nitrogen and oxygen atoms in total. The minimum Gasteiger partial charge on any atom is -0.454 e. The number of aromatic nitrogens is 7. The van der Waals surface area contributed by atoms with Gasteiger partial charge in [-0.3, -0.25) is 17.9 Å². The maximum Gasteiger partial charge on any atom is 0.220 e. The fraction of sp³-hybridized carbons (Fsp3) is 0. The Bertz CT molecular complexity index is 4000. The normalized spacial score (nSPS) is 12.5. The third-order valence-corrected chi connectivity index (χ3v) is 12.1. The first-order valence-electron chi connectivity index (χ1n) is 19.5. The number of para-hydroxylation sites is 9. The molecule has 6 heterocycles. The molecule has 0 aliphatic rings. The second-order valence-electron chi connectivity index (χ2n) is 15.1. The van der Waals surface area contributed by atoms with Gasteiger partial charge in [-0.25, -0.2) is 9.97 Å². The van der Waals surface area contributed by atoms with Crippen molar-refractivity contribution in [3.8, 4) is 17.1 Å². The van der Waals surface area contributed by atoms with Crippen LogP contribution in [0.3, 0.4) is 0 Å². The highest BCUT2D eigenvalue weighted by molar-refractivity contribution is 6.13. The number of benzene rings is 8. The van der Waals surface area contributed by atoms with Gasteiger partial charge in [0.15, 0.2) is 5.58 Å². The van der Waals surface area contributed by atoms with Crippen molar-refractivity contribution < 1.29 is 4.42 Å². The van der Waals surface area contributed by atoms with Crippen LogP contribution in [0, 0.1) is 0 Å². The lowest BCUT2D eigenvalue weighted by atomic mass is 10.1. The molecule has 14 rings (SSSR count). The van der Waals surface area contributed by atoms with Gasteiger partial charge in [0, 0.05) is 21.8 Å². The summed E-state index contributed by atoms with van der Waals surface area (Å²) in [5, 5.41) is 4.52. The van der Waals surface area contributed by atoms with E-state index in [0.29, 0.717) is 0 Å². The third-order valence-electron chi connectivity index (χ3n) is 12.1. The van der Waals surface area contributed by atoms with Gasteiger partial charge in [-0.1, -0.05) is 91.0 Å². The molecule has 8 heteroatoms. The molecule has 0 saturated carbocycles. The van der Waals surface area contributed by atoms with E-state index in [1.54, 1.807) is 0 Å². The van der Waals surface area contributed by atoms with Crippen molar-refractivity contribution in [2.45, 2.75) is 0 Å². The third kappa shape index (κ3) is 3.74. The molecule has 14 aromatic rings. The zero-order valence-corrected chi connectivity index (χ0v) is 30.8. The van der Waals surface area contributed by atoms with Crippen molar-refractivity contribution in [3.05, 3.63) is 176 Å². The Kier molecular flexibility index (Phi) is 5.62. The van der Waals surface area contributed by atoms with Gasteiger partial charge in [-0.05, 0) is 84.9 Å². The highest BCUT2D eigenvalue weighted by Crippen LogP contribution is 2.41. The van der Waals surface area contributed by atoms with Gasteiger partial charge in [0.25, 0.3) is 0 Å². The van der Waals surface area contributed by atoms with Gasteiger partial charge in [0.1, 0.15) is 5.58 Å². The van der Waals surface area contributed by atoms with Crippen molar-refractivity contribution >= 4 is 99.4 Å². The molecular formula is C50H29N7O. The van der Waals surface area contributed by atoms with E-state index in [2.05, 4.69) is 192 Å². The maximum absolute atomic E-state index is 6.98. The molecule has 0 amide bonds. The predicted octanol–water partition coefficient (Wildman–Crippen LogP) is 12.2. The van der Waals surface area contributed by atoms with Crippen LogP contribution in [0.25, 0.3) is 116 Å². The summed E-state index contributed by atoms with van der Waals surface area (Å²) in [6, 6.07) is 62.1. The molecule has 58 heavy (non-hydrogen) atoms. The van der Waals surface area contributed by atoms with E-state index in [-0.39, 0.29) is 0 Å². The number of rotatable bonds is 3. The van der Waals surface area contributed by atoms with E-state index in [0.717, 1.165) is 94.7 Å². The molecule has 0 unspecified atom stereocenters. The summed E-state index contributed by atoms with van der Waals surface area (Å²) in [6.45, 7) is 0. The van der Waals surface area contributed by atoms with Gasteiger partial charge < -0.3 is 8.98 Å². The quantitative estimate of drug-likeness (QED) is 0.181. The number of furan rings is 1. The van der Waals surface area contributed by atoms with Crippen LogP contribution in [0.5, 0.6) is 0 Å². The summed E-state index contributed by atoms with van der Waals surface area (Å²) in [7, 11) is 0. The van der Waals surface area contributed by atoms with E-state index in [1.165, 1.54) is 21.8 Å². The van der Waals surface area contributed by atoms with Crippen LogP contribution in [0.4, 0.5) is 0 Å². The Labute approximate surface area is 328 Å². The SMILES string of the molecule is c1ccc2c(c1)nc1n(-c3cccc4c3oc3cccc(-n5c6ccccc6n6c7ccccc7nc56)c34)c3ccc(-n4c5ccccc5c5ccccc54)cc3n21. The van der Waals surface area contributed by atoms with Crippen LogP contribution >= 0.6 is 0 Å². The van der Waals surface area contributed by atoms with Crippen molar-refractivity contribution in [1.29, 1.82) is 0 Å². The molecule has 0 saturated heterocycles. The Balaban J connectivity index is 1.06. The second kappa shape index (κ2) is 10.8. The number of imidazole rings is 4. The summed E-state index contributed by atoms with van der Waals surface area (Å²) in [5.74, 6) is 1.69. The van der Waals surface area contributed by atoms with E-state index in [1.807, 2.05) is 6.07 Å². The van der Waals surface area contributed by atoms with Gasteiger partial charge in [0.05, 0.1) is 71.9 Å². The number of hydrogen-bond donors (Lipinski definition) is 0. The Morgan fingerprint density at radius 3 is 1.59 bits per heavy atom. The smallest absolute Gasteiger partial charge is 0.220 e. The minimum atomic E-state index is 0.795. The van der Waals surface area contributed by atoms with Crippen molar-refractivity contribution in [1.82, 2.24) is 32.5 Å². The summed E-state index contributed by atoms with van der Waals surface area (Å²) >= 11 is 0. The van der Waals surface area contributed by atoms with Crippen LogP contribution in [-0.2, 0) is 0 Å². The fourth-order valence-corrected chi connectivity index (χ4v) is 9.73. The van der Waals surface area contributed by atoms with Gasteiger partial charge >= 0.3 is 0 Å². The second-order valence-corrected chi connectivity index (χ2v) is 15.1. The highest BCUT2D eigenvalue weighted by atomic mass is 16.3. The van der Waals surface area contributed by atoms with Crippen LogP contribution in [0.15, 0.2) is 180 Å². The Morgan fingerprint density at radius 2 is 0.879 bits per heavy atom. The molecule has 0 radical (unpaired) electrons. The molecule has 0 fully saturated rings. The number of hydrogen-bond acceptors (Lipinski definition) is 3.